The van der Waals surface area contributed by atoms with Gasteiger partial charge in [-0.25, -0.2) is 0 Å². The van der Waals surface area contributed by atoms with Gasteiger partial charge in [-0.15, -0.1) is 0 Å². The van der Waals surface area contributed by atoms with Crippen LogP contribution in [0.2, 0.25) is 5.02 Å². The van der Waals surface area contributed by atoms with Crippen LogP contribution in [0, 0.1) is 0 Å². The fraction of sp³-hybridized carbons (Fsp3) is 0.0909. The molecule has 3 aromatic rings. The van der Waals surface area contributed by atoms with Gasteiger partial charge in [0.15, 0.2) is 11.6 Å². The van der Waals surface area contributed by atoms with Gasteiger partial charge in [-0.2, -0.15) is 0 Å². The van der Waals surface area contributed by atoms with Crippen LogP contribution in [0.15, 0.2) is 48.5 Å². The highest BCUT2D eigenvalue weighted by Crippen LogP contribution is 2.42. The number of ketones is 2. The Morgan fingerprint density at radius 3 is 1.93 bits per heavy atom. The molecule has 0 radical (unpaired) electrons. The number of hydrogen-bond donors (Lipinski definition) is 2. The molecule has 3 aromatic carbocycles. The van der Waals surface area contributed by atoms with E-state index in [0.29, 0.717) is 23.5 Å². The molecular formula is C22H15ClO5. The van der Waals surface area contributed by atoms with Crippen LogP contribution in [0.25, 0.3) is 11.1 Å². The number of hydrogen-bond acceptors (Lipinski definition) is 5. The van der Waals surface area contributed by atoms with E-state index in [1.54, 1.807) is 30.3 Å². The highest BCUT2D eigenvalue weighted by molar-refractivity contribution is 6.36. The molecule has 2 N–H and O–H groups in total. The van der Waals surface area contributed by atoms with Crippen molar-refractivity contribution in [3.63, 3.8) is 0 Å². The van der Waals surface area contributed by atoms with Gasteiger partial charge in [0, 0.05) is 16.7 Å². The number of rotatable bonds is 3. The van der Waals surface area contributed by atoms with Crippen molar-refractivity contribution in [3.8, 4) is 28.4 Å². The largest absolute Gasteiger partial charge is 0.507 e. The molecule has 28 heavy (non-hydrogen) atoms. The van der Waals surface area contributed by atoms with E-state index in [1.165, 1.54) is 18.2 Å². The molecule has 0 bridgehead atoms. The SMILES string of the molecule is CCOc1ccc(-c2ccc3c(c2O)C(=O)c2ccc(Cl)c(O)c2C3=O)cc1. The second-order valence-corrected chi connectivity index (χ2v) is 6.73. The van der Waals surface area contributed by atoms with Gasteiger partial charge in [-0.1, -0.05) is 23.7 Å². The zero-order valence-electron chi connectivity index (χ0n) is 14.8. The molecule has 6 heteroatoms. The molecule has 0 aliphatic heterocycles. The number of benzene rings is 3. The summed E-state index contributed by atoms with van der Waals surface area (Å²) in [6.45, 7) is 2.42. The van der Waals surface area contributed by atoms with Gasteiger partial charge in [0.1, 0.15) is 17.2 Å². The van der Waals surface area contributed by atoms with Crippen LogP contribution in [0.4, 0.5) is 0 Å². The van der Waals surface area contributed by atoms with Gasteiger partial charge in [0.05, 0.1) is 22.8 Å². The Kier molecular flexibility index (Phi) is 4.32. The molecule has 1 aliphatic rings. The molecule has 0 saturated heterocycles. The third kappa shape index (κ3) is 2.63. The predicted molar refractivity (Wildman–Crippen MR) is 105 cm³/mol. The molecule has 0 unspecified atom stereocenters. The first-order chi connectivity index (χ1) is 13.4. The quantitative estimate of drug-likeness (QED) is 0.531. The van der Waals surface area contributed by atoms with Gasteiger partial charge < -0.3 is 14.9 Å². The monoisotopic (exact) mass is 394 g/mol. The average molecular weight is 395 g/mol. The number of ether oxygens (including phenoxy) is 1. The van der Waals surface area contributed by atoms with E-state index in [9.17, 15) is 19.8 Å². The van der Waals surface area contributed by atoms with Crippen molar-refractivity contribution in [1.29, 1.82) is 0 Å². The lowest BCUT2D eigenvalue weighted by molar-refractivity contribution is 0.0974. The lowest BCUT2D eigenvalue weighted by Crippen LogP contribution is -2.21. The van der Waals surface area contributed by atoms with E-state index in [-0.39, 0.29) is 33.0 Å². The molecule has 0 fully saturated rings. The molecule has 4 rings (SSSR count). The third-order valence-corrected chi connectivity index (χ3v) is 5.03. The summed E-state index contributed by atoms with van der Waals surface area (Å²) in [6, 6.07) is 12.8. The van der Waals surface area contributed by atoms with Gasteiger partial charge in [-0.3, -0.25) is 9.59 Å². The Bertz CT molecular complexity index is 1130. The van der Waals surface area contributed by atoms with E-state index < -0.39 is 17.3 Å². The summed E-state index contributed by atoms with van der Waals surface area (Å²) in [5.41, 5.74) is 0.919. The minimum atomic E-state index is -0.557. The smallest absolute Gasteiger partial charge is 0.198 e. The summed E-state index contributed by atoms with van der Waals surface area (Å²) in [7, 11) is 0. The van der Waals surface area contributed by atoms with Crippen LogP contribution in [0.1, 0.15) is 38.8 Å². The maximum Gasteiger partial charge on any atom is 0.198 e. The first-order valence-electron chi connectivity index (χ1n) is 8.64. The third-order valence-electron chi connectivity index (χ3n) is 4.73. The Morgan fingerprint density at radius 2 is 1.32 bits per heavy atom. The molecule has 0 aromatic heterocycles. The number of phenolic OH excluding ortho intramolecular Hbond substituents is 2. The standard InChI is InChI=1S/C22H15ClO5/c1-2-28-12-5-3-11(4-6-12)13-7-8-14-17(19(13)24)20(25)15-9-10-16(23)22(27)18(15)21(14)26/h3-10,24,27H,2H2,1H3. The first kappa shape index (κ1) is 18.1. The Morgan fingerprint density at radius 1 is 0.786 bits per heavy atom. The normalized spacial score (nSPS) is 12.5. The molecule has 0 spiro atoms. The second kappa shape index (κ2) is 6.69. The van der Waals surface area contributed by atoms with E-state index >= 15 is 0 Å². The topological polar surface area (TPSA) is 83.8 Å². The number of carbonyl (C=O) groups excluding carboxylic acids is 2. The van der Waals surface area contributed by atoms with Crippen molar-refractivity contribution in [2.45, 2.75) is 6.92 Å². The number of carbonyl (C=O) groups is 2. The molecule has 1 aliphatic carbocycles. The van der Waals surface area contributed by atoms with Crippen LogP contribution in [0.5, 0.6) is 17.2 Å². The van der Waals surface area contributed by atoms with Crippen LogP contribution >= 0.6 is 11.6 Å². The number of aromatic hydroxyl groups is 2. The average Bonchev–Trinajstić information content (AvgIpc) is 2.69. The lowest BCUT2D eigenvalue weighted by Gasteiger charge is -2.21. The van der Waals surface area contributed by atoms with Crippen molar-refractivity contribution in [1.82, 2.24) is 0 Å². The summed E-state index contributed by atoms with van der Waals surface area (Å²) < 4.78 is 5.41. The van der Waals surface area contributed by atoms with Gasteiger partial charge in [-0.05, 0) is 48.9 Å². The molecule has 0 saturated carbocycles. The Balaban J connectivity index is 1.86. The van der Waals surface area contributed by atoms with Gasteiger partial charge in [0.2, 0.25) is 0 Å². The fourth-order valence-corrected chi connectivity index (χ4v) is 3.55. The van der Waals surface area contributed by atoms with E-state index in [1.807, 2.05) is 6.92 Å². The van der Waals surface area contributed by atoms with Crippen molar-refractivity contribution in [2.24, 2.45) is 0 Å². The predicted octanol–water partition coefficient (Wildman–Crippen LogP) is 4.59. The van der Waals surface area contributed by atoms with E-state index in [4.69, 9.17) is 16.3 Å². The van der Waals surface area contributed by atoms with Gasteiger partial charge >= 0.3 is 0 Å². The highest BCUT2D eigenvalue weighted by Gasteiger charge is 2.35. The van der Waals surface area contributed by atoms with E-state index in [0.717, 1.165) is 0 Å². The molecule has 0 atom stereocenters. The number of phenols is 2. The van der Waals surface area contributed by atoms with Crippen molar-refractivity contribution < 1.29 is 24.5 Å². The molecule has 5 nitrogen and oxygen atoms in total. The first-order valence-corrected chi connectivity index (χ1v) is 9.02. The summed E-state index contributed by atoms with van der Waals surface area (Å²) in [6.07, 6.45) is 0. The summed E-state index contributed by atoms with van der Waals surface area (Å²) >= 11 is 5.88. The minimum Gasteiger partial charge on any atom is -0.507 e. The molecule has 140 valence electrons. The summed E-state index contributed by atoms with van der Waals surface area (Å²) in [5, 5.41) is 20.9. The Labute approximate surface area is 165 Å². The zero-order chi connectivity index (χ0) is 20.0. The minimum absolute atomic E-state index is 0.0125. The zero-order valence-corrected chi connectivity index (χ0v) is 15.6. The van der Waals surface area contributed by atoms with Gasteiger partial charge in [0.25, 0.3) is 0 Å². The molecule has 0 heterocycles. The Hall–Kier alpha value is -3.31. The maximum atomic E-state index is 13.0. The highest BCUT2D eigenvalue weighted by atomic mass is 35.5. The summed E-state index contributed by atoms with van der Waals surface area (Å²) in [5.74, 6) is -1.12. The molecule has 0 amide bonds. The van der Waals surface area contributed by atoms with Crippen LogP contribution in [-0.2, 0) is 0 Å². The van der Waals surface area contributed by atoms with Crippen LogP contribution in [-0.4, -0.2) is 28.4 Å². The maximum absolute atomic E-state index is 13.0. The lowest BCUT2D eigenvalue weighted by atomic mass is 9.81. The number of halogens is 1. The van der Waals surface area contributed by atoms with Crippen molar-refractivity contribution in [2.75, 3.05) is 6.61 Å². The van der Waals surface area contributed by atoms with E-state index in [2.05, 4.69) is 0 Å². The second-order valence-electron chi connectivity index (χ2n) is 6.32. The van der Waals surface area contributed by atoms with Crippen molar-refractivity contribution >= 4 is 23.2 Å². The molecular weight excluding hydrogens is 380 g/mol. The number of fused-ring (bicyclic) bond motifs is 2. The summed E-state index contributed by atoms with van der Waals surface area (Å²) in [4.78, 5) is 25.8. The fourth-order valence-electron chi connectivity index (χ4n) is 3.39. The van der Waals surface area contributed by atoms with Crippen LogP contribution < -0.4 is 4.74 Å². The van der Waals surface area contributed by atoms with Crippen molar-refractivity contribution in [3.05, 3.63) is 75.8 Å². The van der Waals surface area contributed by atoms with Crippen LogP contribution in [0.3, 0.4) is 0 Å².